The van der Waals surface area contributed by atoms with Crippen molar-refractivity contribution in [1.29, 1.82) is 0 Å². The lowest BCUT2D eigenvalue weighted by Gasteiger charge is -2.31. The summed E-state index contributed by atoms with van der Waals surface area (Å²) < 4.78 is 13.0. The lowest BCUT2D eigenvalue weighted by atomic mass is 9.82. The standard InChI is InChI=1S/C21H19O2P.B/c1-17-21(18-11-5-2-6-12-18,19-13-7-3-8-14-19)23-24(22-17)20-15-9-4-10-16-20;/h2-17H,1H3;. The van der Waals surface area contributed by atoms with Gasteiger partial charge in [0.05, 0.1) is 6.10 Å². The summed E-state index contributed by atoms with van der Waals surface area (Å²) in [5.41, 5.74) is 1.68. The van der Waals surface area contributed by atoms with Gasteiger partial charge < -0.3 is 9.05 Å². The molecule has 3 radical (unpaired) electrons. The smallest absolute Gasteiger partial charge is 0.206 e. The van der Waals surface area contributed by atoms with Crippen LogP contribution in [0.25, 0.3) is 0 Å². The van der Waals surface area contributed by atoms with Gasteiger partial charge in [0.15, 0.2) is 5.60 Å². The van der Waals surface area contributed by atoms with E-state index in [-0.39, 0.29) is 14.5 Å². The van der Waals surface area contributed by atoms with E-state index in [9.17, 15) is 0 Å². The van der Waals surface area contributed by atoms with Crippen molar-refractivity contribution < 1.29 is 9.05 Å². The fourth-order valence-corrected chi connectivity index (χ4v) is 4.96. The Labute approximate surface area is 152 Å². The zero-order chi connectivity index (χ0) is 16.4. The van der Waals surface area contributed by atoms with Crippen molar-refractivity contribution in [1.82, 2.24) is 0 Å². The topological polar surface area (TPSA) is 18.5 Å². The van der Waals surface area contributed by atoms with Crippen LogP contribution in [-0.4, -0.2) is 14.5 Å². The van der Waals surface area contributed by atoms with Gasteiger partial charge in [0.1, 0.15) is 0 Å². The molecule has 1 fully saturated rings. The highest BCUT2D eigenvalue weighted by atomic mass is 31.2. The Bertz CT molecular complexity index is 756. The summed E-state index contributed by atoms with van der Waals surface area (Å²) in [6.07, 6.45) is -0.0754. The molecule has 0 aromatic heterocycles. The van der Waals surface area contributed by atoms with Crippen molar-refractivity contribution in [3.63, 3.8) is 0 Å². The molecule has 3 aromatic carbocycles. The molecule has 1 heterocycles. The first-order chi connectivity index (χ1) is 11.8. The van der Waals surface area contributed by atoms with E-state index in [4.69, 9.17) is 9.05 Å². The number of benzene rings is 3. The van der Waals surface area contributed by atoms with Gasteiger partial charge in [-0.2, -0.15) is 0 Å². The number of hydrogen-bond donors (Lipinski definition) is 0. The zero-order valence-corrected chi connectivity index (χ0v) is 15.0. The largest absolute Gasteiger partial charge is 0.324 e. The van der Waals surface area contributed by atoms with Crippen molar-refractivity contribution in [2.75, 3.05) is 0 Å². The minimum absolute atomic E-state index is 0. The van der Waals surface area contributed by atoms with Crippen LogP contribution in [0.15, 0.2) is 91.0 Å². The van der Waals surface area contributed by atoms with Crippen LogP contribution in [0.2, 0.25) is 0 Å². The minimum atomic E-state index is -1.11. The first-order valence-electron chi connectivity index (χ1n) is 8.13. The van der Waals surface area contributed by atoms with Crippen molar-refractivity contribution in [3.05, 3.63) is 102 Å². The molecule has 25 heavy (non-hydrogen) atoms. The molecule has 0 saturated carbocycles. The molecule has 1 aliphatic heterocycles. The number of hydrogen-bond acceptors (Lipinski definition) is 2. The Morgan fingerprint density at radius 2 is 1.16 bits per heavy atom. The average Bonchev–Trinajstić information content (AvgIpc) is 3.02. The van der Waals surface area contributed by atoms with Crippen LogP contribution >= 0.6 is 8.38 Å². The molecule has 0 amide bonds. The van der Waals surface area contributed by atoms with Crippen molar-refractivity contribution >= 4 is 22.1 Å². The van der Waals surface area contributed by atoms with Crippen LogP contribution in [0, 0.1) is 0 Å². The maximum Gasteiger partial charge on any atom is 0.206 e. The van der Waals surface area contributed by atoms with E-state index in [0.717, 1.165) is 16.4 Å². The quantitative estimate of drug-likeness (QED) is 0.509. The molecule has 4 rings (SSSR count). The maximum absolute atomic E-state index is 6.66. The van der Waals surface area contributed by atoms with E-state index in [1.165, 1.54) is 0 Å². The molecule has 0 N–H and O–H groups in total. The van der Waals surface area contributed by atoms with Gasteiger partial charge in [0.25, 0.3) is 0 Å². The molecule has 0 bridgehead atoms. The molecule has 123 valence electrons. The summed E-state index contributed by atoms with van der Waals surface area (Å²) in [6.45, 7) is 2.10. The van der Waals surface area contributed by atoms with Gasteiger partial charge in [-0.15, -0.1) is 0 Å². The molecule has 0 aliphatic carbocycles. The van der Waals surface area contributed by atoms with Crippen LogP contribution < -0.4 is 5.30 Å². The van der Waals surface area contributed by atoms with Crippen molar-refractivity contribution in [2.24, 2.45) is 0 Å². The van der Waals surface area contributed by atoms with E-state index in [1.54, 1.807) is 0 Å². The van der Waals surface area contributed by atoms with E-state index < -0.39 is 14.0 Å². The molecule has 2 nitrogen and oxygen atoms in total. The zero-order valence-electron chi connectivity index (χ0n) is 14.1. The summed E-state index contributed by atoms with van der Waals surface area (Å²) in [5.74, 6) is 0. The van der Waals surface area contributed by atoms with Crippen LogP contribution in [0.1, 0.15) is 18.1 Å². The van der Waals surface area contributed by atoms with Crippen molar-refractivity contribution in [2.45, 2.75) is 18.6 Å². The lowest BCUT2D eigenvalue weighted by molar-refractivity contribution is 0.0859. The highest BCUT2D eigenvalue weighted by molar-refractivity contribution is 7.56. The van der Waals surface area contributed by atoms with Gasteiger partial charge in [0, 0.05) is 13.7 Å². The second kappa shape index (κ2) is 7.53. The molecule has 0 spiro atoms. The van der Waals surface area contributed by atoms with E-state index >= 15 is 0 Å². The molecule has 2 unspecified atom stereocenters. The molecule has 3 aromatic rings. The average molecular weight is 345 g/mol. The second-order valence-electron chi connectivity index (χ2n) is 5.90. The van der Waals surface area contributed by atoms with Gasteiger partial charge >= 0.3 is 0 Å². The van der Waals surface area contributed by atoms with E-state index in [1.807, 2.05) is 30.3 Å². The van der Waals surface area contributed by atoms with Gasteiger partial charge in [-0.25, -0.2) is 0 Å². The van der Waals surface area contributed by atoms with Crippen LogP contribution in [-0.2, 0) is 14.6 Å². The Kier molecular flexibility index (Phi) is 5.39. The first kappa shape index (κ1) is 17.9. The fourth-order valence-electron chi connectivity index (χ4n) is 3.22. The second-order valence-corrected chi connectivity index (χ2v) is 7.32. The summed E-state index contributed by atoms with van der Waals surface area (Å²) in [4.78, 5) is 0. The molecule has 2 atom stereocenters. The van der Waals surface area contributed by atoms with Gasteiger partial charge in [-0.05, 0) is 30.2 Å². The van der Waals surface area contributed by atoms with Crippen LogP contribution in [0.3, 0.4) is 0 Å². The summed E-state index contributed by atoms with van der Waals surface area (Å²) in [6, 6.07) is 31.0. The first-order valence-corrected chi connectivity index (χ1v) is 9.30. The molecular formula is C21H19BO2P. The molecule has 1 saturated heterocycles. The van der Waals surface area contributed by atoms with Gasteiger partial charge in [-0.1, -0.05) is 78.9 Å². The van der Waals surface area contributed by atoms with Crippen LogP contribution in [0.5, 0.6) is 0 Å². The van der Waals surface area contributed by atoms with E-state index in [0.29, 0.717) is 0 Å². The third kappa shape index (κ3) is 3.16. The monoisotopic (exact) mass is 345 g/mol. The predicted octanol–water partition coefficient (Wildman–Crippen LogP) is 4.62. The highest BCUT2D eigenvalue weighted by Crippen LogP contribution is 2.58. The third-order valence-electron chi connectivity index (χ3n) is 4.43. The molecule has 4 heteroatoms. The minimum Gasteiger partial charge on any atom is -0.324 e. The third-order valence-corrected chi connectivity index (χ3v) is 6.11. The fraction of sp³-hybridized carbons (Fsp3) is 0.143. The molecular weight excluding hydrogens is 326 g/mol. The van der Waals surface area contributed by atoms with E-state index in [2.05, 4.69) is 67.6 Å². The molecule has 1 aliphatic rings. The highest BCUT2D eigenvalue weighted by Gasteiger charge is 2.51. The Hall–Kier alpha value is -1.93. The lowest BCUT2D eigenvalue weighted by Crippen LogP contribution is -2.36. The SMILES string of the molecule is CC1OP(c2ccccc2)OC1(c1ccccc1)c1ccccc1.[B]. The van der Waals surface area contributed by atoms with Gasteiger partial charge in [-0.3, -0.25) is 0 Å². The Balaban J connectivity index is 0.00000182. The van der Waals surface area contributed by atoms with Gasteiger partial charge in [0.2, 0.25) is 8.38 Å². The normalized spacial score (nSPS) is 21.5. The predicted molar refractivity (Wildman–Crippen MR) is 104 cm³/mol. The Morgan fingerprint density at radius 1 is 0.720 bits per heavy atom. The number of rotatable bonds is 3. The summed E-state index contributed by atoms with van der Waals surface area (Å²) in [7, 11) is -1.11. The summed E-state index contributed by atoms with van der Waals surface area (Å²) >= 11 is 0. The Morgan fingerprint density at radius 3 is 1.64 bits per heavy atom. The maximum atomic E-state index is 6.66. The summed E-state index contributed by atoms with van der Waals surface area (Å²) in [5, 5.41) is 1.10. The van der Waals surface area contributed by atoms with Crippen LogP contribution in [0.4, 0.5) is 0 Å². The van der Waals surface area contributed by atoms with Crippen molar-refractivity contribution in [3.8, 4) is 0 Å².